The highest BCUT2D eigenvalue weighted by Crippen LogP contribution is 2.32. The maximum atomic E-state index is 11.9. The second kappa shape index (κ2) is 12.5. The quantitative estimate of drug-likeness (QED) is 0.230. The molecule has 0 bridgehead atoms. The molecule has 0 aliphatic carbocycles. The number of cyclic esters (lactones) is 2. The average Bonchev–Trinajstić information content (AvgIpc) is 2.86. The van der Waals surface area contributed by atoms with Gasteiger partial charge in [-0.2, -0.15) is 0 Å². The number of carbonyl (C=O) groups excluding carboxylic acids is 2. The molecule has 0 radical (unpaired) electrons. The van der Waals surface area contributed by atoms with Gasteiger partial charge in [0.05, 0.1) is 12.3 Å². The monoisotopic (exact) mass is 324 g/mol. The van der Waals surface area contributed by atoms with Crippen LogP contribution in [0.4, 0.5) is 0 Å². The largest absolute Gasteiger partial charge is 0.393 e. The fraction of sp³-hybridized carbons (Fsp3) is 0.900. The third kappa shape index (κ3) is 8.53. The Morgan fingerprint density at radius 2 is 1.30 bits per heavy atom. The summed E-state index contributed by atoms with van der Waals surface area (Å²) in [5, 5.41) is 0. The van der Waals surface area contributed by atoms with Crippen LogP contribution in [0.5, 0.6) is 0 Å². The maximum absolute atomic E-state index is 11.9. The summed E-state index contributed by atoms with van der Waals surface area (Å²) in [5.41, 5.74) is 0. The first-order valence-corrected chi connectivity index (χ1v) is 9.93. The van der Waals surface area contributed by atoms with Crippen LogP contribution in [-0.4, -0.2) is 11.9 Å². The van der Waals surface area contributed by atoms with Gasteiger partial charge in [-0.3, -0.25) is 9.59 Å². The van der Waals surface area contributed by atoms with E-state index in [-0.39, 0.29) is 17.9 Å². The summed E-state index contributed by atoms with van der Waals surface area (Å²) in [6.45, 7) is 4.44. The summed E-state index contributed by atoms with van der Waals surface area (Å²) in [6, 6.07) is 0. The van der Waals surface area contributed by atoms with Gasteiger partial charge >= 0.3 is 11.9 Å². The van der Waals surface area contributed by atoms with Crippen LogP contribution in [-0.2, 0) is 14.3 Å². The Bertz CT molecular complexity index is 338. The van der Waals surface area contributed by atoms with E-state index in [0.29, 0.717) is 12.3 Å². The fourth-order valence-electron chi connectivity index (χ4n) is 3.60. The third-order valence-corrected chi connectivity index (χ3v) is 5.08. The van der Waals surface area contributed by atoms with Crippen LogP contribution in [0.25, 0.3) is 0 Å². The molecular formula is C20H36O3. The molecule has 1 aliphatic rings. The number of hydrogen-bond donors (Lipinski definition) is 0. The Hall–Kier alpha value is -0.860. The Morgan fingerprint density at radius 3 is 1.83 bits per heavy atom. The molecule has 0 amide bonds. The van der Waals surface area contributed by atoms with Crippen molar-refractivity contribution in [3.05, 3.63) is 0 Å². The third-order valence-electron chi connectivity index (χ3n) is 5.08. The number of unbranched alkanes of at least 4 members (excludes halogenated alkanes) is 9. The molecule has 2 atom stereocenters. The van der Waals surface area contributed by atoms with Crippen LogP contribution in [0.1, 0.15) is 104 Å². The molecule has 2 unspecified atom stereocenters. The number of carbonyl (C=O) groups is 2. The Balaban J connectivity index is 2.24. The first-order chi connectivity index (χ1) is 11.2. The van der Waals surface area contributed by atoms with Crippen molar-refractivity contribution < 1.29 is 14.3 Å². The van der Waals surface area contributed by atoms with Crippen LogP contribution in [0, 0.1) is 11.8 Å². The van der Waals surface area contributed by atoms with Gasteiger partial charge in [-0.05, 0) is 18.8 Å². The van der Waals surface area contributed by atoms with Crippen LogP contribution in [0.15, 0.2) is 0 Å². The van der Waals surface area contributed by atoms with Crippen molar-refractivity contribution in [1.29, 1.82) is 0 Å². The number of rotatable bonds is 14. The Kier molecular flexibility index (Phi) is 11.0. The van der Waals surface area contributed by atoms with Crippen molar-refractivity contribution in [2.45, 2.75) is 104 Å². The second-order valence-corrected chi connectivity index (χ2v) is 7.12. The molecule has 23 heavy (non-hydrogen) atoms. The highest BCUT2D eigenvalue weighted by Gasteiger charge is 2.38. The van der Waals surface area contributed by atoms with E-state index in [1.807, 2.05) is 0 Å². The molecule has 1 rings (SSSR count). The van der Waals surface area contributed by atoms with Gasteiger partial charge in [-0.25, -0.2) is 0 Å². The van der Waals surface area contributed by atoms with Gasteiger partial charge in [-0.1, -0.05) is 84.5 Å². The van der Waals surface area contributed by atoms with E-state index in [0.717, 1.165) is 19.3 Å². The Labute approximate surface area is 142 Å². The lowest BCUT2D eigenvalue weighted by Crippen LogP contribution is -2.19. The lowest BCUT2D eigenvalue weighted by molar-refractivity contribution is -0.153. The second-order valence-electron chi connectivity index (χ2n) is 7.12. The molecule has 1 aliphatic heterocycles. The molecule has 0 aromatic carbocycles. The maximum Gasteiger partial charge on any atom is 0.317 e. The molecule has 3 nitrogen and oxygen atoms in total. The summed E-state index contributed by atoms with van der Waals surface area (Å²) in [5.74, 6) is -0.406. The minimum absolute atomic E-state index is 0.163. The van der Waals surface area contributed by atoms with Crippen molar-refractivity contribution >= 4 is 11.9 Å². The van der Waals surface area contributed by atoms with Gasteiger partial charge in [0, 0.05) is 0 Å². The van der Waals surface area contributed by atoms with Crippen molar-refractivity contribution in [3.63, 3.8) is 0 Å². The van der Waals surface area contributed by atoms with Crippen LogP contribution >= 0.6 is 0 Å². The van der Waals surface area contributed by atoms with Gasteiger partial charge in [0.25, 0.3) is 0 Å². The number of ether oxygens (including phenoxy) is 1. The van der Waals surface area contributed by atoms with Crippen molar-refractivity contribution in [2.75, 3.05) is 0 Å². The zero-order chi connectivity index (χ0) is 16.9. The summed E-state index contributed by atoms with van der Waals surface area (Å²) < 4.78 is 4.77. The van der Waals surface area contributed by atoms with Crippen molar-refractivity contribution in [3.8, 4) is 0 Å². The van der Waals surface area contributed by atoms with E-state index in [4.69, 9.17) is 4.74 Å². The average molecular weight is 325 g/mol. The van der Waals surface area contributed by atoms with E-state index in [1.165, 1.54) is 64.2 Å². The number of hydrogen-bond acceptors (Lipinski definition) is 3. The highest BCUT2D eigenvalue weighted by atomic mass is 16.6. The summed E-state index contributed by atoms with van der Waals surface area (Å²) in [6.07, 6.45) is 16.5. The van der Waals surface area contributed by atoms with E-state index >= 15 is 0 Å². The van der Waals surface area contributed by atoms with E-state index in [1.54, 1.807) is 0 Å². The molecule has 0 aromatic rings. The van der Waals surface area contributed by atoms with Gasteiger partial charge < -0.3 is 4.74 Å². The predicted octanol–water partition coefficient (Wildman–Crippen LogP) is 5.80. The van der Waals surface area contributed by atoms with E-state index in [9.17, 15) is 9.59 Å². The molecule has 0 saturated carbocycles. The fourth-order valence-corrected chi connectivity index (χ4v) is 3.60. The molecular weight excluding hydrogens is 288 g/mol. The molecule has 0 N–H and O–H groups in total. The summed E-state index contributed by atoms with van der Waals surface area (Å²) in [7, 11) is 0. The molecule has 1 heterocycles. The highest BCUT2D eigenvalue weighted by molar-refractivity contribution is 5.94. The van der Waals surface area contributed by atoms with Gasteiger partial charge in [0.1, 0.15) is 0 Å². The SMILES string of the molecule is CCCCCCCCCCC(CCCCC)C1CC(=O)OC1=O. The van der Waals surface area contributed by atoms with E-state index in [2.05, 4.69) is 13.8 Å². The number of esters is 2. The minimum atomic E-state index is -0.323. The Morgan fingerprint density at radius 1 is 0.826 bits per heavy atom. The summed E-state index contributed by atoms with van der Waals surface area (Å²) >= 11 is 0. The topological polar surface area (TPSA) is 43.4 Å². The molecule has 134 valence electrons. The van der Waals surface area contributed by atoms with Crippen LogP contribution in [0.3, 0.4) is 0 Å². The summed E-state index contributed by atoms with van der Waals surface area (Å²) in [4.78, 5) is 23.2. The first kappa shape index (κ1) is 20.2. The van der Waals surface area contributed by atoms with Gasteiger partial charge in [0.2, 0.25) is 0 Å². The molecule has 3 heteroatoms. The zero-order valence-corrected chi connectivity index (χ0v) is 15.3. The molecule has 1 fully saturated rings. The van der Waals surface area contributed by atoms with Crippen LogP contribution in [0.2, 0.25) is 0 Å². The van der Waals surface area contributed by atoms with Crippen LogP contribution < -0.4 is 0 Å². The zero-order valence-electron chi connectivity index (χ0n) is 15.3. The molecule has 1 saturated heterocycles. The molecule has 0 spiro atoms. The smallest absolute Gasteiger partial charge is 0.317 e. The molecule has 0 aromatic heterocycles. The van der Waals surface area contributed by atoms with E-state index < -0.39 is 0 Å². The van der Waals surface area contributed by atoms with Gasteiger partial charge in [-0.15, -0.1) is 0 Å². The minimum Gasteiger partial charge on any atom is -0.393 e. The van der Waals surface area contributed by atoms with Crippen molar-refractivity contribution in [2.24, 2.45) is 11.8 Å². The lowest BCUT2D eigenvalue weighted by atomic mass is 9.82. The van der Waals surface area contributed by atoms with Crippen molar-refractivity contribution in [1.82, 2.24) is 0 Å². The first-order valence-electron chi connectivity index (χ1n) is 9.93. The predicted molar refractivity (Wildman–Crippen MR) is 94.1 cm³/mol. The van der Waals surface area contributed by atoms with Gasteiger partial charge in [0.15, 0.2) is 0 Å². The lowest BCUT2D eigenvalue weighted by Gasteiger charge is -2.20. The standard InChI is InChI=1S/C20H36O3/c1-3-5-7-8-9-10-11-13-15-17(14-12-6-4-2)18-16-19(21)23-20(18)22/h17-18H,3-16H2,1-2H3. The normalized spacial score (nSPS) is 19.1.